The topological polar surface area (TPSA) is 92.3 Å². The maximum absolute atomic E-state index is 12.8. The molecule has 1 heterocycles. The van der Waals surface area contributed by atoms with Gasteiger partial charge in [-0.2, -0.15) is 0 Å². The van der Waals surface area contributed by atoms with Crippen molar-refractivity contribution in [2.75, 3.05) is 13.6 Å². The Labute approximate surface area is 164 Å². The predicted molar refractivity (Wildman–Crippen MR) is 107 cm³/mol. The van der Waals surface area contributed by atoms with E-state index in [4.69, 9.17) is 0 Å². The van der Waals surface area contributed by atoms with Gasteiger partial charge in [0.2, 0.25) is 10.0 Å². The number of sulfonamides is 1. The second-order valence-electron chi connectivity index (χ2n) is 6.43. The van der Waals surface area contributed by atoms with Crippen LogP contribution in [0.5, 0.6) is 0 Å². The Morgan fingerprint density at radius 2 is 1.86 bits per heavy atom. The maximum atomic E-state index is 12.8. The van der Waals surface area contributed by atoms with Crippen LogP contribution in [-0.2, 0) is 16.6 Å². The van der Waals surface area contributed by atoms with Crippen LogP contribution in [0.2, 0.25) is 0 Å². The Morgan fingerprint density at radius 3 is 2.61 bits per heavy atom. The number of aromatic nitrogens is 2. The van der Waals surface area contributed by atoms with Gasteiger partial charge in [-0.25, -0.2) is 23.1 Å². The van der Waals surface area contributed by atoms with Crippen LogP contribution in [-0.4, -0.2) is 42.8 Å². The molecular weight excluding hydrogens is 376 g/mol. The minimum absolute atomic E-state index is 0.0615. The van der Waals surface area contributed by atoms with E-state index in [1.54, 1.807) is 26.1 Å². The second kappa shape index (κ2) is 8.04. The molecule has 0 aliphatic carbocycles. The van der Waals surface area contributed by atoms with Gasteiger partial charge in [-0.15, -0.1) is 0 Å². The van der Waals surface area contributed by atoms with Crippen molar-refractivity contribution in [1.29, 1.82) is 0 Å². The number of nitrogens with zero attached hydrogens (tertiary/aromatic N) is 3. The number of hydrogen-bond donors (Lipinski definition) is 1. The number of carbonyl (C=O) groups excluding carboxylic acids is 1. The fraction of sp³-hybridized carbons (Fsp3) is 0.250. The Balaban J connectivity index is 1.84. The molecule has 1 N–H and O–H groups in total. The van der Waals surface area contributed by atoms with Gasteiger partial charge in [0.05, 0.1) is 17.0 Å². The lowest BCUT2D eigenvalue weighted by Gasteiger charge is -2.17. The van der Waals surface area contributed by atoms with Crippen molar-refractivity contribution < 1.29 is 13.2 Å². The highest BCUT2D eigenvalue weighted by Crippen LogP contribution is 2.17. The SMILES string of the molecule is CCNS(=O)(=O)c1cccc(C(=O)N(C)Cc2nc(C)c3ccccc3n2)c1. The van der Waals surface area contributed by atoms with E-state index < -0.39 is 10.0 Å². The van der Waals surface area contributed by atoms with E-state index in [-0.39, 0.29) is 23.9 Å². The molecule has 146 valence electrons. The second-order valence-corrected chi connectivity index (χ2v) is 8.20. The average Bonchev–Trinajstić information content (AvgIpc) is 2.67. The molecule has 0 bridgehead atoms. The Hall–Kier alpha value is -2.84. The number of hydrogen-bond acceptors (Lipinski definition) is 5. The molecule has 0 fully saturated rings. The van der Waals surface area contributed by atoms with Gasteiger partial charge in [0.25, 0.3) is 5.91 Å². The van der Waals surface area contributed by atoms with Crippen molar-refractivity contribution in [3.05, 3.63) is 65.6 Å². The van der Waals surface area contributed by atoms with E-state index in [1.165, 1.54) is 17.0 Å². The number of carbonyl (C=O) groups is 1. The highest BCUT2D eigenvalue weighted by molar-refractivity contribution is 7.89. The third kappa shape index (κ3) is 4.18. The summed E-state index contributed by atoms with van der Waals surface area (Å²) in [6.07, 6.45) is 0. The molecule has 1 amide bonds. The molecule has 3 aromatic rings. The van der Waals surface area contributed by atoms with Gasteiger partial charge in [-0.3, -0.25) is 4.79 Å². The molecule has 2 aromatic carbocycles. The quantitative estimate of drug-likeness (QED) is 0.689. The van der Waals surface area contributed by atoms with Crippen LogP contribution in [0, 0.1) is 6.92 Å². The Morgan fingerprint density at radius 1 is 1.11 bits per heavy atom. The molecule has 0 radical (unpaired) electrons. The smallest absolute Gasteiger partial charge is 0.254 e. The summed E-state index contributed by atoms with van der Waals surface area (Å²) in [5.41, 5.74) is 1.96. The summed E-state index contributed by atoms with van der Waals surface area (Å²) >= 11 is 0. The molecule has 3 rings (SSSR count). The Kier molecular flexibility index (Phi) is 5.71. The van der Waals surface area contributed by atoms with E-state index in [9.17, 15) is 13.2 Å². The number of aryl methyl sites for hydroxylation is 1. The zero-order valence-corrected chi connectivity index (χ0v) is 16.8. The lowest BCUT2D eigenvalue weighted by molar-refractivity contribution is 0.0781. The molecule has 0 saturated carbocycles. The summed E-state index contributed by atoms with van der Waals surface area (Å²) in [6, 6.07) is 13.7. The van der Waals surface area contributed by atoms with Crippen LogP contribution in [0.25, 0.3) is 10.9 Å². The summed E-state index contributed by atoms with van der Waals surface area (Å²) in [6.45, 7) is 4.10. The van der Waals surface area contributed by atoms with Crippen LogP contribution in [0.3, 0.4) is 0 Å². The number of fused-ring (bicyclic) bond motifs is 1. The fourth-order valence-corrected chi connectivity index (χ4v) is 4.03. The van der Waals surface area contributed by atoms with Crippen LogP contribution in [0.4, 0.5) is 0 Å². The summed E-state index contributed by atoms with van der Waals surface area (Å²) in [4.78, 5) is 23.3. The lowest BCUT2D eigenvalue weighted by atomic mass is 10.2. The number of para-hydroxylation sites is 1. The van der Waals surface area contributed by atoms with Crippen molar-refractivity contribution in [2.24, 2.45) is 0 Å². The van der Waals surface area contributed by atoms with Crippen LogP contribution in [0.15, 0.2) is 53.4 Å². The first-order valence-electron chi connectivity index (χ1n) is 8.89. The highest BCUT2D eigenvalue weighted by Gasteiger charge is 2.18. The fourth-order valence-electron chi connectivity index (χ4n) is 2.94. The van der Waals surface area contributed by atoms with E-state index in [1.807, 2.05) is 31.2 Å². The maximum Gasteiger partial charge on any atom is 0.254 e. The number of benzene rings is 2. The lowest BCUT2D eigenvalue weighted by Crippen LogP contribution is -2.28. The van der Waals surface area contributed by atoms with Crippen molar-refractivity contribution in [2.45, 2.75) is 25.3 Å². The van der Waals surface area contributed by atoms with Gasteiger partial charge in [0.15, 0.2) is 0 Å². The van der Waals surface area contributed by atoms with Crippen molar-refractivity contribution in [1.82, 2.24) is 19.6 Å². The zero-order valence-electron chi connectivity index (χ0n) is 16.0. The third-order valence-corrected chi connectivity index (χ3v) is 5.83. The normalized spacial score (nSPS) is 11.5. The minimum atomic E-state index is -3.63. The van der Waals surface area contributed by atoms with E-state index in [2.05, 4.69) is 14.7 Å². The first kappa shape index (κ1) is 19.9. The summed E-state index contributed by atoms with van der Waals surface area (Å²) < 4.78 is 26.8. The van der Waals surface area contributed by atoms with Crippen LogP contribution < -0.4 is 4.72 Å². The van der Waals surface area contributed by atoms with Crippen LogP contribution >= 0.6 is 0 Å². The minimum Gasteiger partial charge on any atom is -0.334 e. The van der Waals surface area contributed by atoms with Gasteiger partial charge < -0.3 is 4.90 Å². The molecule has 8 heteroatoms. The summed E-state index contributed by atoms with van der Waals surface area (Å²) in [5, 5.41) is 0.974. The molecule has 7 nitrogen and oxygen atoms in total. The highest BCUT2D eigenvalue weighted by atomic mass is 32.2. The molecule has 0 aliphatic rings. The first-order valence-corrected chi connectivity index (χ1v) is 10.4. The van der Waals surface area contributed by atoms with E-state index in [0.717, 1.165) is 16.6 Å². The van der Waals surface area contributed by atoms with E-state index in [0.29, 0.717) is 11.4 Å². The predicted octanol–water partition coefficient (Wildman–Crippen LogP) is 2.51. The molecule has 28 heavy (non-hydrogen) atoms. The number of amides is 1. The largest absolute Gasteiger partial charge is 0.334 e. The first-order chi connectivity index (χ1) is 13.3. The number of nitrogens with one attached hydrogen (secondary N) is 1. The molecule has 1 aromatic heterocycles. The monoisotopic (exact) mass is 398 g/mol. The van der Waals surface area contributed by atoms with Gasteiger partial charge in [0.1, 0.15) is 5.82 Å². The van der Waals surface area contributed by atoms with Gasteiger partial charge in [-0.05, 0) is 31.2 Å². The zero-order chi connectivity index (χ0) is 20.3. The summed E-state index contributed by atoms with van der Waals surface area (Å²) in [5.74, 6) is 0.228. The molecule has 0 atom stereocenters. The van der Waals surface area contributed by atoms with E-state index >= 15 is 0 Å². The van der Waals surface area contributed by atoms with Crippen molar-refractivity contribution >= 4 is 26.8 Å². The van der Waals surface area contributed by atoms with Gasteiger partial charge in [0, 0.05) is 30.2 Å². The molecule has 0 aliphatic heterocycles. The average molecular weight is 398 g/mol. The molecular formula is C20H22N4O3S. The molecule has 0 saturated heterocycles. The Bertz CT molecular complexity index is 1130. The standard InChI is InChI=1S/C20H22N4O3S/c1-4-21-28(26,27)16-9-7-8-15(12-16)20(25)24(3)13-19-22-14(2)17-10-5-6-11-18(17)23-19/h5-12,21H,4,13H2,1-3H3. The van der Waals surface area contributed by atoms with Gasteiger partial charge in [-0.1, -0.05) is 31.2 Å². The third-order valence-electron chi connectivity index (χ3n) is 4.29. The molecule has 0 unspecified atom stereocenters. The van der Waals surface area contributed by atoms with Crippen molar-refractivity contribution in [3.63, 3.8) is 0 Å². The van der Waals surface area contributed by atoms with Gasteiger partial charge >= 0.3 is 0 Å². The summed E-state index contributed by atoms with van der Waals surface area (Å²) in [7, 11) is -1.99. The van der Waals surface area contributed by atoms with Crippen molar-refractivity contribution in [3.8, 4) is 0 Å². The molecule has 0 spiro atoms. The van der Waals surface area contributed by atoms with Crippen LogP contribution in [0.1, 0.15) is 28.8 Å². The number of rotatable bonds is 6.